The fourth-order valence-corrected chi connectivity index (χ4v) is 1.41. The summed E-state index contributed by atoms with van der Waals surface area (Å²) in [5, 5.41) is 9.15. The van der Waals surface area contributed by atoms with Crippen LogP contribution in [0.2, 0.25) is 0 Å². The highest BCUT2D eigenvalue weighted by Crippen LogP contribution is 2.02. The van der Waals surface area contributed by atoms with Crippen molar-refractivity contribution < 1.29 is 4.79 Å². The fourth-order valence-electron chi connectivity index (χ4n) is 1.41. The van der Waals surface area contributed by atoms with Crippen molar-refractivity contribution >= 4 is 5.91 Å². The Morgan fingerprint density at radius 1 is 1.06 bits per heavy atom. The molecule has 0 saturated heterocycles. The molecule has 4 heteroatoms. The lowest BCUT2D eigenvalue weighted by Crippen LogP contribution is -2.34. The molecule has 94 valence electrons. The number of hydrogen-bond acceptors (Lipinski definition) is 3. The summed E-state index contributed by atoms with van der Waals surface area (Å²) in [5.41, 5.74) is 1.88. The van der Waals surface area contributed by atoms with Crippen LogP contribution in [0.15, 0.2) is 24.3 Å². The van der Waals surface area contributed by atoms with Gasteiger partial charge >= 0.3 is 0 Å². The molecule has 0 bridgehead atoms. The second kappa shape index (κ2) is 7.81. The van der Waals surface area contributed by atoms with E-state index in [0.717, 1.165) is 25.2 Å². The molecule has 3 N–H and O–H groups in total. The van der Waals surface area contributed by atoms with Gasteiger partial charge in [-0.15, -0.1) is 0 Å². The van der Waals surface area contributed by atoms with Gasteiger partial charge in [0.25, 0.3) is 5.91 Å². The molecule has 0 heterocycles. The molecular weight excluding hydrogens is 214 g/mol. The topological polar surface area (TPSA) is 53.2 Å². The summed E-state index contributed by atoms with van der Waals surface area (Å²) in [7, 11) is 1.92. The number of carbonyl (C=O) groups excluding carboxylic acids is 1. The molecule has 0 saturated carbocycles. The Hall–Kier alpha value is -1.39. The van der Waals surface area contributed by atoms with Crippen molar-refractivity contribution in [3.8, 4) is 0 Å². The average Bonchev–Trinajstić information content (AvgIpc) is 2.34. The fraction of sp³-hybridized carbons (Fsp3) is 0.462. The lowest BCUT2D eigenvalue weighted by atomic mass is 10.1. The maximum Gasteiger partial charge on any atom is 0.251 e. The van der Waals surface area contributed by atoms with Crippen LogP contribution in [0.4, 0.5) is 0 Å². The summed E-state index contributed by atoms with van der Waals surface area (Å²) in [6.07, 6.45) is 0. The molecule has 0 aromatic heterocycles. The lowest BCUT2D eigenvalue weighted by molar-refractivity contribution is 0.0954. The molecule has 1 amide bonds. The zero-order valence-corrected chi connectivity index (χ0v) is 10.5. The molecule has 0 aliphatic rings. The van der Waals surface area contributed by atoms with Crippen LogP contribution in [0.1, 0.15) is 15.9 Å². The highest BCUT2D eigenvalue weighted by atomic mass is 16.1. The normalized spacial score (nSPS) is 10.2. The Labute approximate surface area is 103 Å². The minimum atomic E-state index is -0.0135. The van der Waals surface area contributed by atoms with E-state index in [1.54, 1.807) is 0 Å². The Morgan fingerprint density at radius 2 is 1.71 bits per heavy atom. The molecule has 0 atom stereocenters. The molecular formula is C13H21N3O. The van der Waals surface area contributed by atoms with Crippen LogP contribution in [-0.4, -0.2) is 39.1 Å². The van der Waals surface area contributed by atoms with Crippen LogP contribution in [0, 0.1) is 6.92 Å². The predicted molar refractivity (Wildman–Crippen MR) is 70.3 cm³/mol. The van der Waals surface area contributed by atoms with E-state index in [1.165, 1.54) is 0 Å². The summed E-state index contributed by atoms with van der Waals surface area (Å²) in [6.45, 7) is 5.30. The molecule has 0 spiro atoms. The van der Waals surface area contributed by atoms with E-state index in [1.807, 2.05) is 38.2 Å². The van der Waals surface area contributed by atoms with Crippen LogP contribution < -0.4 is 16.0 Å². The van der Waals surface area contributed by atoms with Crippen molar-refractivity contribution in [1.29, 1.82) is 0 Å². The Balaban J connectivity index is 2.19. The van der Waals surface area contributed by atoms with E-state index >= 15 is 0 Å². The molecule has 0 unspecified atom stereocenters. The van der Waals surface area contributed by atoms with E-state index in [0.29, 0.717) is 12.1 Å². The number of benzene rings is 1. The molecule has 1 aromatic carbocycles. The first kappa shape index (κ1) is 13.7. The third-order valence-corrected chi connectivity index (χ3v) is 2.45. The molecule has 1 aromatic rings. The first-order valence-corrected chi connectivity index (χ1v) is 5.94. The van der Waals surface area contributed by atoms with Gasteiger partial charge in [0, 0.05) is 31.7 Å². The van der Waals surface area contributed by atoms with Crippen molar-refractivity contribution in [1.82, 2.24) is 16.0 Å². The summed E-state index contributed by atoms with van der Waals surface area (Å²) in [6, 6.07) is 7.58. The van der Waals surface area contributed by atoms with Gasteiger partial charge in [0.2, 0.25) is 0 Å². The van der Waals surface area contributed by atoms with Crippen LogP contribution >= 0.6 is 0 Å². The van der Waals surface area contributed by atoms with E-state index in [-0.39, 0.29) is 5.91 Å². The smallest absolute Gasteiger partial charge is 0.251 e. The summed E-state index contributed by atoms with van der Waals surface area (Å²) in [5.74, 6) is -0.0135. The third-order valence-electron chi connectivity index (χ3n) is 2.45. The van der Waals surface area contributed by atoms with E-state index in [4.69, 9.17) is 0 Å². The van der Waals surface area contributed by atoms with Gasteiger partial charge in [-0.3, -0.25) is 4.79 Å². The van der Waals surface area contributed by atoms with Crippen molar-refractivity contribution in [2.24, 2.45) is 0 Å². The lowest BCUT2D eigenvalue weighted by Gasteiger charge is -2.06. The Kier molecular flexibility index (Phi) is 6.29. The minimum absolute atomic E-state index is 0.0135. The van der Waals surface area contributed by atoms with Crippen molar-refractivity contribution in [3.63, 3.8) is 0 Å². The summed E-state index contributed by atoms with van der Waals surface area (Å²) in [4.78, 5) is 11.7. The van der Waals surface area contributed by atoms with Crippen molar-refractivity contribution in [2.45, 2.75) is 6.92 Å². The largest absolute Gasteiger partial charge is 0.351 e. The van der Waals surface area contributed by atoms with E-state index in [2.05, 4.69) is 16.0 Å². The highest BCUT2D eigenvalue weighted by Gasteiger charge is 2.02. The number of carbonyl (C=O) groups is 1. The Morgan fingerprint density at radius 3 is 2.35 bits per heavy atom. The summed E-state index contributed by atoms with van der Waals surface area (Å²) < 4.78 is 0. The van der Waals surface area contributed by atoms with Gasteiger partial charge in [-0.05, 0) is 26.1 Å². The number of rotatable bonds is 7. The molecule has 0 aliphatic carbocycles. The highest BCUT2D eigenvalue weighted by molar-refractivity contribution is 5.94. The molecule has 4 nitrogen and oxygen atoms in total. The zero-order valence-electron chi connectivity index (χ0n) is 10.5. The quantitative estimate of drug-likeness (QED) is 0.604. The van der Waals surface area contributed by atoms with Crippen LogP contribution in [-0.2, 0) is 0 Å². The molecule has 1 rings (SSSR count). The van der Waals surface area contributed by atoms with Gasteiger partial charge in [0.15, 0.2) is 0 Å². The molecule has 0 aliphatic heterocycles. The number of amides is 1. The van der Waals surface area contributed by atoms with Gasteiger partial charge in [-0.25, -0.2) is 0 Å². The first-order valence-electron chi connectivity index (χ1n) is 5.94. The van der Waals surface area contributed by atoms with Crippen LogP contribution in [0.3, 0.4) is 0 Å². The standard InChI is InChI=1S/C13H21N3O/c1-11-3-5-12(6-4-11)13(17)16-10-9-15-8-7-14-2/h3-6,14-15H,7-10H2,1-2H3,(H,16,17). The number of nitrogens with one attached hydrogen (secondary N) is 3. The second-order valence-corrected chi connectivity index (χ2v) is 3.98. The molecule has 17 heavy (non-hydrogen) atoms. The average molecular weight is 235 g/mol. The zero-order chi connectivity index (χ0) is 12.5. The SMILES string of the molecule is CNCCNCCNC(=O)c1ccc(C)cc1. The van der Waals surface area contributed by atoms with Crippen molar-refractivity contribution in [2.75, 3.05) is 33.2 Å². The van der Waals surface area contributed by atoms with Gasteiger partial charge in [0.1, 0.15) is 0 Å². The predicted octanol–water partition coefficient (Wildman–Crippen LogP) is 0.534. The van der Waals surface area contributed by atoms with Crippen molar-refractivity contribution in [3.05, 3.63) is 35.4 Å². The van der Waals surface area contributed by atoms with Gasteiger partial charge in [0.05, 0.1) is 0 Å². The summed E-state index contributed by atoms with van der Waals surface area (Å²) >= 11 is 0. The second-order valence-electron chi connectivity index (χ2n) is 3.98. The molecule has 0 radical (unpaired) electrons. The van der Waals surface area contributed by atoms with E-state index < -0.39 is 0 Å². The Bertz CT molecular complexity index is 335. The van der Waals surface area contributed by atoms with Crippen LogP contribution in [0.25, 0.3) is 0 Å². The number of likely N-dealkylation sites (N-methyl/N-ethyl adjacent to an activating group) is 1. The first-order chi connectivity index (χ1) is 8.24. The van der Waals surface area contributed by atoms with E-state index in [9.17, 15) is 4.79 Å². The molecule has 0 fully saturated rings. The van der Waals surface area contributed by atoms with Gasteiger partial charge in [-0.1, -0.05) is 17.7 Å². The third kappa shape index (κ3) is 5.47. The number of aryl methyl sites for hydroxylation is 1. The maximum atomic E-state index is 11.7. The van der Waals surface area contributed by atoms with Crippen LogP contribution in [0.5, 0.6) is 0 Å². The monoisotopic (exact) mass is 235 g/mol. The maximum absolute atomic E-state index is 11.7. The van der Waals surface area contributed by atoms with Gasteiger partial charge < -0.3 is 16.0 Å². The number of hydrogen-bond donors (Lipinski definition) is 3. The minimum Gasteiger partial charge on any atom is -0.351 e. The van der Waals surface area contributed by atoms with Gasteiger partial charge in [-0.2, -0.15) is 0 Å².